The van der Waals surface area contributed by atoms with Crippen molar-refractivity contribution in [2.45, 2.75) is 45.3 Å². The molecule has 1 nitrogen and oxygen atoms in total. The monoisotopic (exact) mass is 207 g/mol. The van der Waals surface area contributed by atoms with Gasteiger partial charge in [0.2, 0.25) is 0 Å². The topological polar surface area (TPSA) is 12.0 Å². The molecule has 1 aliphatic rings. The van der Waals surface area contributed by atoms with Gasteiger partial charge in [0.25, 0.3) is 0 Å². The van der Waals surface area contributed by atoms with Crippen molar-refractivity contribution in [2.24, 2.45) is 0 Å². The minimum atomic E-state index is -4.16. The van der Waals surface area contributed by atoms with Gasteiger partial charge in [0.15, 0.2) is 0 Å². The van der Waals surface area contributed by atoms with Crippen molar-refractivity contribution >= 4 is 0 Å². The van der Waals surface area contributed by atoms with E-state index in [1.165, 1.54) is 6.92 Å². The highest BCUT2D eigenvalue weighted by atomic mass is 19.4. The molecule has 0 saturated carbocycles. The van der Waals surface area contributed by atoms with Crippen molar-refractivity contribution in [1.29, 1.82) is 0 Å². The van der Waals surface area contributed by atoms with E-state index in [0.29, 0.717) is 12.0 Å². The summed E-state index contributed by atoms with van der Waals surface area (Å²) in [6, 6.07) is -0.0784. The lowest BCUT2D eigenvalue weighted by Crippen LogP contribution is -2.37. The molecule has 0 spiro atoms. The van der Waals surface area contributed by atoms with Gasteiger partial charge in [-0.25, -0.2) is 0 Å². The Kier molecular flexibility index (Phi) is 3.59. The predicted octanol–water partition coefficient (Wildman–Crippen LogP) is 3.03. The maximum Gasteiger partial charge on any atom is 0.412 e. The van der Waals surface area contributed by atoms with Crippen molar-refractivity contribution in [3.05, 3.63) is 11.1 Å². The lowest BCUT2D eigenvalue weighted by Gasteiger charge is -2.28. The normalized spacial score (nSPS) is 27.6. The summed E-state index contributed by atoms with van der Waals surface area (Å²) >= 11 is 0. The molecule has 1 aliphatic heterocycles. The van der Waals surface area contributed by atoms with Crippen LogP contribution in [-0.4, -0.2) is 18.8 Å². The summed E-state index contributed by atoms with van der Waals surface area (Å²) in [4.78, 5) is 0. The number of halogens is 3. The van der Waals surface area contributed by atoms with Gasteiger partial charge in [0.05, 0.1) is 0 Å². The minimum Gasteiger partial charge on any atom is -0.310 e. The molecule has 0 amide bonds. The van der Waals surface area contributed by atoms with E-state index in [1.807, 2.05) is 6.92 Å². The molecule has 0 aromatic carbocycles. The molecular weight excluding hydrogens is 191 g/mol. The molecule has 0 bridgehead atoms. The molecule has 4 heteroatoms. The minimum absolute atomic E-state index is 0.0784. The van der Waals surface area contributed by atoms with Crippen molar-refractivity contribution in [2.75, 3.05) is 6.54 Å². The molecule has 0 aliphatic carbocycles. The Labute approximate surface area is 82.4 Å². The van der Waals surface area contributed by atoms with E-state index >= 15 is 0 Å². The van der Waals surface area contributed by atoms with Crippen LogP contribution in [0.25, 0.3) is 0 Å². The molecular formula is C10H16F3N. The molecule has 1 heterocycles. The first-order chi connectivity index (χ1) is 6.46. The standard InChI is InChI=1S/C10H16F3N/c1-3-9-8(5-4-6-14-9)7(2)10(11,12)13/h9,14H,3-6H2,1-2H3. The number of allylic oxidation sites excluding steroid dienone is 1. The molecule has 0 radical (unpaired) electrons. The summed E-state index contributed by atoms with van der Waals surface area (Å²) in [5, 5.41) is 3.11. The Morgan fingerprint density at radius 3 is 2.64 bits per heavy atom. The van der Waals surface area contributed by atoms with Gasteiger partial charge in [-0.15, -0.1) is 0 Å². The number of nitrogens with one attached hydrogen (secondary N) is 1. The van der Waals surface area contributed by atoms with Crippen LogP contribution in [0.2, 0.25) is 0 Å². The highest BCUT2D eigenvalue weighted by molar-refractivity contribution is 5.23. The van der Waals surface area contributed by atoms with Crippen LogP contribution in [0.4, 0.5) is 13.2 Å². The highest BCUT2D eigenvalue weighted by Gasteiger charge is 2.34. The smallest absolute Gasteiger partial charge is 0.310 e. The first-order valence-electron chi connectivity index (χ1n) is 4.97. The molecule has 0 aromatic heterocycles. The maximum absolute atomic E-state index is 12.5. The summed E-state index contributed by atoms with van der Waals surface area (Å²) in [5.41, 5.74) is 0.141. The first-order valence-corrected chi connectivity index (χ1v) is 4.97. The molecule has 1 atom stereocenters. The van der Waals surface area contributed by atoms with Crippen molar-refractivity contribution in [3.63, 3.8) is 0 Å². The van der Waals surface area contributed by atoms with Crippen molar-refractivity contribution < 1.29 is 13.2 Å². The van der Waals surface area contributed by atoms with Crippen LogP contribution in [0.5, 0.6) is 0 Å². The van der Waals surface area contributed by atoms with E-state index in [0.717, 1.165) is 19.4 Å². The number of alkyl halides is 3. The molecule has 1 fully saturated rings. The van der Waals surface area contributed by atoms with E-state index < -0.39 is 11.7 Å². The van der Waals surface area contributed by atoms with Crippen LogP contribution in [-0.2, 0) is 0 Å². The number of hydrogen-bond donors (Lipinski definition) is 1. The summed E-state index contributed by atoms with van der Waals surface area (Å²) in [7, 11) is 0. The van der Waals surface area contributed by atoms with Crippen LogP contribution in [0.3, 0.4) is 0 Å². The molecule has 1 unspecified atom stereocenters. The summed E-state index contributed by atoms with van der Waals surface area (Å²) in [6.07, 6.45) is -2.05. The quantitative estimate of drug-likeness (QED) is 0.652. The fourth-order valence-electron chi connectivity index (χ4n) is 1.87. The van der Waals surface area contributed by atoms with Gasteiger partial charge in [-0.2, -0.15) is 13.2 Å². The zero-order valence-corrected chi connectivity index (χ0v) is 8.54. The molecule has 0 aromatic rings. The number of piperidine rings is 1. The van der Waals surface area contributed by atoms with Gasteiger partial charge in [-0.1, -0.05) is 6.92 Å². The van der Waals surface area contributed by atoms with E-state index in [2.05, 4.69) is 5.32 Å². The second-order valence-corrected chi connectivity index (χ2v) is 3.67. The van der Waals surface area contributed by atoms with Gasteiger partial charge < -0.3 is 5.32 Å². The molecule has 1 N–H and O–H groups in total. The Morgan fingerprint density at radius 1 is 1.50 bits per heavy atom. The van der Waals surface area contributed by atoms with Crippen molar-refractivity contribution in [3.8, 4) is 0 Å². The second kappa shape index (κ2) is 4.34. The molecule has 14 heavy (non-hydrogen) atoms. The summed E-state index contributed by atoms with van der Waals surface area (Å²) < 4.78 is 37.4. The Balaban J connectivity index is 2.91. The summed E-state index contributed by atoms with van der Waals surface area (Å²) in [5.74, 6) is 0. The molecule has 1 saturated heterocycles. The Bertz CT molecular complexity index is 230. The Morgan fingerprint density at radius 2 is 2.14 bits per heavy atom. The summed E-state index contributed by atoms with van der Waals surface area (Å²) in [6.45, 7) is 3.92. The van der Waals surface area contributed by atoms with E-state index in [9.17, 15) is 13.2 Å². The molecule has 1 rings (SSSR count). The van der Waals surface area contributed by atoms with Gasteiger partial charge in [-0.3, -0.25) is 0 Å². The third kappa shape index (κ3) is 2.50. The largest absolute Gasteiger partial charge is 0.412 e. The van der Waals surface area contributed by atoms with Crippen LogP contribution < -0.4 is 5.32 Å². The predicted molar refractivity (Wildman–Crippen MR) is 50.1 cm³/mol. The lowest BCUT2D eigenvalue weighted by atomic mass is 9.91. The first kappa shape index (κ1) is 11.6. The van der Waals surface area contributed by atoms with Gasteiger partial charge in [0.1, 0.15) is 0 Å². The van der Waals surface area contributed by atoms with E-state index in [-0.39, 0.29) is 6.04 Å². The Hall–Kier alpha value is -0.510. The number of hydrogen-bond acceptors (Lipinski definition) is 1. The fourth-order valence-corrected chi connectivity index (χ4v) is 1.87. The van der Waals surface area contributed by atoms with E-state index in [1.54, 1.807) is 0 Å². The average Bonchev–Trinajstić information content (AvgIpc) is 2.15. The van der Waals surface area contributed by atoms with Gasteiger partial charge in [0, 0.05) is 11.6 Å². The van der Waals surface area contributed by atoms with E-state index in [4.69, 9.17) is 0 Å². The zero-order valence-electron chi connectivity index (χ0n) is 8.54. The lowest BCUT2D eigenvalue weighted by molar-refractivity contribution is -0.0928. The third-order valence-corrected chi connectivity index (χ3v) is 2.75. The van der Waals surface area contributed by atoms with Gasteiger partial charge in [-0.05, 0) is 38.3 Å². The number of rotatable bonds is 1. The van der Waals surface area contributed by atoms with Crippen LogP contribution in [0, 0.1) is 0 Å². The average molecular weight is 207 g/mol. The zero-order chi connectivity index (χ0) is 10.8. The maximum atomic E-state index is 12.5. The molecule has 82 valence electrons. The van der Waals surface area contributed by atoms with Gasteiger partial charge >= 0.3 is 6.18 Å². The van der Waals surface area contributed by atoms with Crippen LogP contribution >= 0.6 is 0 Å². The van der Waals surface area contributed by atoms with Crippen LogP contribution in [0.15, 0.2) is 11.1 Å². The SMILES string of the molecule is CCC1NCCCC1=C(C)C(F)(F)F. The second-order valence-electron chi connectivity index (χ2n) is 3.67. The third-order valence-electron chi connectivity index (χ3n) is 2.75. The fraction of sp³-hybridized carbons (Fsp3) is 0.800. The van der Waals surface area contributed by atoms with Crippen LogP contribution in [0.1, 0.15) is 33.1 Å². The van der Waals surface area contributed by atoms with Crippen molar-refractivity contribution in [1.82, 2.24) is 5.32 Å². The highest BCUT2D eigenvalue weighted by Crippen LogP contribution is 2.32.